The summed E-state index contributed by atoms with van der Waals surface area (Å²) in [5.41, 5.74) is 5.71. The zero-order chi connectivity index (χ0) is 19.5. The van der Waals surface area contributed by atoms with Gasteiger partial charge in [0.15, 0.2) is 5.65 Å². The van der Waals surface area contributed by atoms with Crippen LogP contribution in [-0.4, -0.2) is 26.3 Å². The predicted octanol–water partition coefficient (Wildman–Crippen LogP) is 4.74. The number of hydrogen-bond acceptors (Lipinski definition) is 4. The second-order valence-electron chi connectivity index (χ2n) is 6.60. The Kier molecular flexibility index (Phi) is 5.12. The molecule has 2 aromatic carbocycles. The fourth-order valence-electron chi connectivity index (χ4n) is 2.95. The molecule has 0 spiro atoms. The Labute approximate surface area is 167 Å². The topological polar surface area (TPSA) is 59.3 Å². The van der Waals surface area contributed by atoms with E-state index in [-0.39, 0.29) is 5.91 Å². The van der Waals surface area contributed by atoms with Crippen molar-refractivity contribution < 1.29 is 4.79 Å². The van der Waals surface area contributed by atoms with E-state index in [2.05, 4.69) is 15.4 Å². The number of nitrogens with one attached hydrogen (secondary N) is 1. The van der Waals surface area contributed by atoms with Crippen molar-refractivity contribution in [2.24, 2.45) is 0 Å². The molecule has 0 atom stereocenters. The van der Waals surface area contributed by atoms with Gasteiger partial charge in [-0.3, -0.25) is 4.79 Å². The van der Waals surface area contributed by atoms with Crippen molar-refractivity contribution in [2.75, 3.05) is 11.1 Å². The average Bonchev–Trinajstić information content (AvgIpc) is 3.12. The Bertz CT molecular complexity index is 1120. The molecule has 0 radical (unpaired) electrons. The van der Waals surface area contributed by atoms with E-state index >= 15 is 0 Å². The summed E-state index contributed by atoms with van der Waals surface area (Å²) >= 11 is 1.45. The minimum Gasteiger partial charge on any atom is -0.325 e. The third-order valence-corrected chi connectivity index (χ3v) is 5.33. The van der Waals surface area contributed by atoms with Gasteiger partial charge in [-0.05, 0) is 37.6 Å². The summed E-state index contributed by atoms with van der Waals surface area (Å²) in [5, 5.41) is 8.33. The summed E-state index contributed by atoms with van der Waals surface area (Å²) in [7, 11) is 0. The molecule has 0 saturated carbocycles. The third kappa shape index (κ3) is 3.92. The van der Waals surface area contributed by atoms with Crippen LogP contribution in [0.1, 0.15) is 11.3 Å². The van der Waals surface area contributed by atoms with E-state index in [4.69, 9.17) is 0 Å². The van der Waals surface area contributed by atoms with Gasteiger partial charge in [0.25, 0.3) is 0 Å². The Balaban J connectivity index is 1.55. The molecule has 28 heavy (non-hydrogen) atoms. The maximum absolute atomic E-state index is 12.3. The molecule has 1 N–H and O–H groups in total. The summed E-state index contributed by atoms with van der Waals surface area (Å²) in [4.78, 5) is 17.0. The van der Waals surface area contributed by atoms with Gasteiger partial charge >= 0.3 is 0 Å². The lowest BCUT2D eigenvalue weighted by atomic mass is 10.1. The summed E-state index contributed by atoms with van der Waals surface area (Å²) in [6.07, 6.45) is 1.83. The first-order valence-corrected chi connectivity index (χ1v) is 9.99. The van der Waals surface area contributed by atoms with Crippen molar-refractivity contribution in [3.05, 3.63) is 78.1 Å². The molecule has 0 unspecified atom stereocenters. The minimum absolute atomic E-state index is 0.0492. The summed E-state index contributed by atoms with van der Waals surface area (Å²) < 4.78 is 1.80. The molecular weight excluding hydrogens is 368 g/mol. The van der Waals surface area contributed by atoms with Gasteiger partial charge in [-0.15, -0.1) is 0 Å². The quantitative estimate of drug-likeness (QED) is 0.396. The number of aromatic nitrogens is 3. The van der Waals surface area contributed by atoms with Gasteiger partial charge < -0.3 is 5.32 Å². The second-order valence-corrected chi connectivity index (χ2v) is 7.59. The standard InChI is InChI=1S/C22H20N4OS/c1-15-8-10-18(11-9-15)25-20(27)14-28-21-12-16(2)24-22-19(13-23-26(21)22)17-6-4-3-5-7-17/h3-13H,14H2,1-2H3,(H,25,27). The Hall–Kier alpha value is -3.12. The fraction of sp³-hybridized carbons (Fsp3) is 0.136. The molecule has 0 fully saturated rings. The highest BCUT2D eigenvalue weighted by Crippen LogP contribution is 2.27. The van der Waals surface area contributed by atoms with Gasteiger partial charge in [0.05, 0.1) is 11.9 Å². The molecule has 1 amide bonds. The molecule has 4 rings (SSSR count). The largest absolute Gasteiger partial charge is 0.325 e. The van der Waals surface area contributed by atoms with E-state index in [9.17, 15) is 4.79 Å². The van der Waals surface area contributed by atoms with E-state index in [0.717, 1.165) is 38.7 Å². The lowest BCUT2D eigenvalue weighted by Crippen LogP contribution is -2.14. The van der Waals surface area contributed by atoms with E-state index in [1.165, 1.54) is 11.8 Å². The molecular formula is C22H20N4OS. The molecule has 6 heteroatoms. The number of amides is 1. The predicted molar refractivity (Wildman–Crippen MR) is 114 cm³/mol. The van der Waals surface area contributed by atoms with Gasteiger partial charge in [0, 0.05) is 16.9 Å². The van der Waals surface area contributed by atoms with Gasteiger partial charge in [-0.2, -0.15) is 5.10 Å². The average molecular weight is 388 g/mol. The molecule has 2 heterocycles. The van der Waals surface area contributed by atoms with E-state index in [0.29, 0.717) is 5.75 Å². The smallest absolute Gasteiger partial charge is 0.234 e. The minimum atomic E-state index is -0.0492. The van der Waals surface area contributed by atoms with E-state index < -0.39 is 0 Å². The fourth-order valence-corrected chi connectivity index (χ4v) is 3.81. The normalized spacial score (nSPS) is 10.9. The van der Waals surface area contributed by atoms with Crippen LogP contribution in [-0.2, 0) is 4.79 Å². The van der Waals surface area contributed by atoms with Crippen molar-refractivity contribution in [1.82, 2.24) is 14.6 Å². The van der Waals surface area contributed by atoms with Crippen molar-refractivity contribution in [3.8, 4) is 11.1 Å². The van der Waals surface area contributed by atoms with Gasteiger partial charge in [0.1, 0.15) is 5.03 Å². The molecule has 4 aromatic rings. The van der Waals surface area contributed by atoms with Crippen LogP contribution < -0.4 is 5.32 Å². The third-order valence-electron chi connectivity index (χ3n) is 4.34. The number of rotatable bonds is 5. The lowest BCUT2D eigenvalue weighted by molar-refractivity contribution is -0.113. The van der Waals surface area contributed by atoms with Crippen LogP contribution in [0.4, 0.5) is 5.69 Å². The summed E-state index contributed by atoms with van der Waals surface area (Å²) in [6.45, 7) is 3.98. The molecule has 0 saturated heterocycles. The highest BCUT2D eigenvalue weighted by molar-refractivity contribution is 7.99. The van der Waals surface area contributed by atoms with Crippen LogP contribution in [0.5, 0.6) is 0 Å². The Morgan fingerprint density at radius 2 is 1.82 bits per heavy atom. The van der Waals surface area contributed by atoms with Crippen molar-refractivity contribution >= 4 is 29.0 Å². The zero-order valence-corrected chi connectivity index (χ0v) is 16.5. The van der Waals surface area contributed by atoms with Crippen LogP contribution in [0.15, 0.2) is 71.9 Å². The molecule has 2 aromatic heterocycles. The Morgan fingerprint density at radius 3 is 2.57 bits per heavy atom. The van der Waals surface area contributed by atoms with Gasteiger partial charge in [-0.25, -0.2) is 9.50 Å². The molecule has 5 nitrogen and oxygen atoms in total. The highest BCUT2D eigenvalue weighted by atomic mass is 32.2. The first kappa shape index (κ1) is 18.3. The molecule has 0 bridgehead atoms. The number of carbonyl (C=O) groups excluding carboxylic acids is 1. The maximum Gasteiger partial charge on any atom is 0.234 e. The Morgan fingerprint density at radius 1 is 1.07 bits per heavy atom. The molecule has 0 aliphatic heterocycles. The maximum atomic E-state index is 12.3. The SMILES string of the molecule is Cc1ccc(NC(=O)CSc2cc(C)nc3c(-c4ccccc4)cnn23)cc1. The van der Waals surface area contributed by atoms with Gasteiger partial charge in [0.2, 0.25) is 5.91 Å². The number of aryl methyl sites for hydroxylation is 2. The van der Waals surface area contributed by atoms with Crippen LogP contribution in [0.3, 0.4) is 0 Å². The zero-order valence-electron chi connectivity index (χ0n) is 15.7. The van der Waals surface area contributed by atoms with Crippen molar-refractivity contribution in [3.63, 3.8) is 0 Å². The molecule has 140 valence electrons. The van der Waals surface area contributed by atoms with Crippen molar-refractivity contribution in [2.45, 2.75) is 18.9 Å². The van der Waals surface area contributed by atoms with Crippen LogP contribution in [0, 0.1) is 13.8 Å². The number of fused-ring (bicyclic) bond motifs is 1. The number of benzene rings is 2. The first-order valence-electron chi connectivity index (χ1n) is 9.00. The second kappa shape index (κ2) is 7.86. The number of thioether (sulfide) groups is 1. The molecule has 0 aliphatic carbocycles. The highest BCUT2D eigenvalue weighted by Gasteiger charge is 2.13. The van der Waals surface area contributed by atoms with E-state index in [1.54, 1.807) is 4.52 Å². The number of hydrogen-bond donors (Lipinski definition) is 1. The monoisotopic (exact) mass is 388 g/mol. The van der Waals surface area contributed by atoms with Gasteiger partial charge in [-0.1, -0.05) is 59.8 Å². The molecule has 0 aliphatic rings. The number of anilines is 1. The first-order chi connectivity index (χ1) is 13.6. The van der Waals surface area contributed by atoms with Crippen LogP contribution in [0.25, 0.3) is 16.8 Å². The van der Waals surface area contributed by atoms with Crippen molar-refractivity contribution in [1.29, 1.82) is 0 Å². The summed E-state index contributed by atoms with van der Waals surface area (Å²) in [5.74, 6) is 0.249. The van der Waals surface area contributed by atoms with Crippen LogP contribution in [0.2, 0.25) is 0 Å². The lowest BCUT2D eigenvalue weighted by Gasteiger charge is -2.08. The number of carbonyl (C=O) groups is 1. The number of nitrogens with zero attached hydrogens (tertiary/aromatic N) is 3. The van der Waals surface area contributed by atoms with E-state index in [1.807, 2.05) is 80.7 Å². The summed E-state index contributed by atoms with van der Waals surface area (Å²) in [6, 6.07) is 19.8. The van der Waals surface area contributed by atoms with Crippen LogP contribution >= 0.6 is 11.8 Å².